The lowest BCUT2D eigenvalue weighted by atomic mass is 10.1. The highest BCUT2D eigenvalue weighted by Crippen LogP contribution is 2.13. The second kappa shape index (κ2) is 4.48. The summed E-state index contributed by atoms with van der Waals surface area (Å²) in [5.74, 6) is -0.621. The molecule has 0 saturated carbocycles. The number of halogens is 1. The second-order valence-electron chi connectivity index (χ2n) is 4.10. The molecule has 16 heavy (non-hydrogen) atoms. The van der Waals surface area contributed by atoms with E-state index in [9.17, 15) is 12.8 Å². The fourth-order valence-electron chi connectivity index (χ4n) is 1.09. The number of rotatable bonds is 4. The van der Waals surface area contributed by atoms with Crippen LogP contribution in [-0.2, 0) is 10.0 Å². The van der Waals surface area contributed by atoms with Crippen molar-refractivity contribution in [3.05, 3.63) is 30.1 Å². The number of sulfonamides is 1. The van der Waals surface area contributed by atoms with Crippen molar-refractivity contribution in [1.82, 2.24) is 4.72 Å². The van der Waals surface area contributed by atoms with Gasteiger partial charge in [0.2, 0.25) is 10.0 Å². The van der Waals surface area contributed by atoms with E-state index in [1.807, 2.05) is 0 Å². The van der Waals surface area contributed by atoms with Crippen LogP contribution in [-0.4, -0.2) is 25.7 Å². The molecule has 0 bridgehead atoms. The first-order chi connectivity index (χ1) is 7.27. The minimum absolute atomic E-state index is 0.158. The number of benzene rings is 1. The van der Waals surface area contributed by atoms with Gasteiger partial charge >= 0.3 is 0 Å². The van der Waals surface area contributed by atoms with Crippen molar-refractivity contribution in [1.29, 1.82) is 0 Å². The Morgan fingerprint density at radius 1 is 1.44 bits per heavy atom. The Balaban J connectivity index is 3.04. The summed E-state index contributed by atoms with van der Waals surface area (Å²) in [6.45, 7) is 2.72. The minimum Gasteiger partial charge on any atom is -0.394 e. The quantitative estimate of drug-likeness (QED) is 0.830. The summed E-state index contributed by atoms with van der Waals surface area (Å²) in [6, 6.07) is 4.70. The van der Waals surface area contributed by atoms with Gasteiger partial charge in [0.1, 0.15) is 5.82 Å². The third kappa shape index (κ3) is 3.26. The van der Waals surface area contributed by atoms with Gasteiger partial charge in [-0.2, -0.15) is 0 Å². The van der Waals surface area contributed by atoms with Crippen LogP contribution >= 0.6 is 0 Å². The topological polar surface area (TPSA) is 66.4 Å². The SMILES string of the molecule is CC(C)(CO)NS(=O)(=O)c1cccc(F)c1. The molecule has 0 aliphatic rings. The molecule has 0 amide bonds. The van der Waals surface area contributed by atoms with E-state index in [-0.39, 0.29) is 11.5 Å². The zero-order valence-corrected chi connectivity index (χ0v) is 9.88. The zero-order valence-electron chi connectivity index (χ0n) is 9.07. The smallest absolute Gasteiger partial charge is 0.241 e. The Morgan fingerprint density at radius 2 is 2.06 bits per heavy atom. The number of hydrogen-bond donors (Lipinski definition) is 2. The van der Waals surface area contributed by atoms with Gasteiger partial charge in [0.15, 0.2) is 0 Å². The Kier molecular flexibility index (Phi) is 3.67. The van der Waals surface area contributed by atoms with Crippen molar-refractivity contribution in [2.75, 3.05) is 6.61 Å². The summed E-state index contributed by atoms with van der Waals surface area (Å²) < 4.78 is 38.7. The molecule has 90 valence electrons. The van der Waals surface area contributed by atoms with Crippen LogP contribution in [0.25, 0.3) is 0 Å². The van der Waals surface area contributed by atoms with E-state index in [2.05, 4.69) is 4.72 Å². The lowest BCUT2D eigenvalue weighted by Crippen LogP contribution is -2.46. The van der Waals surface area contributed by atoms with Crippen molar-refractivity contribution in [3.8, 4) is 0 Å². The first-order valence-corrected chi connectivity index (χ1v) is 6.15. The predicted molar refractivity (Wildman–Crippen MR) is 57.9 cm³/mol. The summed E-state index contributed by atoms with van der Waals surface area (Å²) in [7, 11) is -3.80. The molecule has 1 aromatic rings. The largest absolute Gasteiger partial charge is 0.394 e. The average molecular weight is 247 g/mol. The van der Waals surface area contributed by atoms with E-state index in [1.54, 1.807) is 0 Å². The lowest BCUT2D eigenvalue weighted by Gasteiger charge is -2.23. The number of aliphatic hydroxyl groups is 1. The summed E-state index contributed by atoms with van der Waals surface area (Å²) >= 11 is 0. The number of hydrogen-bond acceptors (Lipinski definition) is 3. The van der Waals surface area contributed by atoms with Gasteiger partial charge in [0.05, 0.1) is 17.0 Å². The van der Waals surface area contributed by atoms with Gasteiger partial charge in [-0.1, -0.05) is 6.07 Å². The highest BCUT2D eigenvalue weighted by Gasteiger charge is 2.25. The fraction of sp³-hybridized carbons (Fsp3) is 0.400. The molecule has 0 spiro atoms. The third-order valence-corrected chi connectivity index (χ3v) is 3.61. The van der Waals surface area contributed by atoms with Crippen molar-refractivity contribution in [2.45, 2.75) is 24.3 Å². The van der Waals surface area contributed by atoms with Crippen molar-refractivity contribution >= 4 is 10.0 Å². The average Bonchev–Trinajstić information content (AvgIpc) is 2.16. The Hall–Kier alpha value is -0.980. The van der Waals surface area contributed by atoms with E-state index in [0.717, 1.165) is 12.1 Å². The predicted octanol–water partition coefficient (Wildman–Crippen LogP) is 0.875. The molecular formula is C10H14FNO3S. The number of aliphatic hydroxyl groups excluding tert-OH is 1. The first kappa shape index (κ1) is 13.1. The van der Waals surface area contributed by atoms with E-state index in [1.165, 1.54) is 26.0 Å². The molecular weight excluding hydrogens is 233 g/mol. The third-order valence-electron chi connectivity index (χ3n) is 1.91. The zero-order chi connectivity index (χ0) is 12.4. The molecule has 0 aliphatic heterocycles. The normalized spacial score (nSPS) is 12.8. The van der Waals surface area contributed by atoms with Crippen molar-refractivity contribution < 1.29 is 17.9 Å². The van der Waals surface area contributed by atoms with Crippen LogP contribution in [0.5, 0.6) is 0 Å². The monoisotopic (exact) mass is 247 g/mol. The molecule has 0 saturated heterocycles. The fourth-order valence-corrected chi connectivity index (χ4v) is 2.52. The molecule has 0 atom stereocenters. The van der Waals surface area contributed by atoms with Gasteiger partial charge in [-0.15, -0.1) is 0 Å². The van der Waals surface area contributed by atoms with Gasteiger partial charge in [-0.3, -0.25) is 0 Å². The van der Waals surface area contributed by atoms with E-state index in [0.29, 0.717) is 0 Å². The van der Waals surface area contributed by atoms with Crippen LogP contribution in [0.1, 0.15) is 13.8 Å². The van der Waals surface area contributed by atoms with Crippen LogP contribution in [0.4, 0.5) is 4.39 Å². The highest BCUT2D eigenvalue weighted by molar-refractivity contribution is 7.89. The molecule has 0 heterocycles. The summed E-state index contributed by atoms with van der Waals surface area (Å²) in [5.41, 5.74) is -0.981. The van der Waals surface area contributed by atoms with E-state index < -0.39 is 21.4 Å². The van der Waals surface area contributed by atoms with Gasteiger partial charge in [0, 0.05) is 0 Å². The highest BCUT2D eigenvalue weighted by atomic mass is 32.2. The van der Waals surface area contributed by atoms with Crippen LogP contribution in [0.3, 0.4) is 0 Å². The standard InChI is InChI=1S/C10H14FNO3S/c1-10(2,7-13)12-16(14,15)9-5-3-4-8(11)6-9/h3-6,12-13H,7H2,1-2H3. The molecule has 0 unspecified atom stereocenters. The van der Waals surface area contributed by atoms with Gasteiger partial charge in [0.25, 0.3) is 0 Å². The van der Waals surface area contributed by atoms with Crippen LogP contribution in [0, 0.1) is 5.82 Å². The maximum Gasteiger partial charge on any atom is 0.241 e. The Bertz CT molecular complexity index is 471. The van der Waals surface area contributed by atoms with E-state index >= 15 is 0 Å². The molecule has 2 N–H and O–H groups in total. The number of nitrogens with one attached hydrogen (secondary N) is 1. The molecule has 0 radical (unpaired) electrons. The molecule has 6 heteroatoms. The van der Waals surface area contributed by atoms with Crippen molar-refractivity contribution in [3.63, 3.8) is 0 Å². The molecule has 4 nitrogen and oxygen atoms in total. The first-order valence-electron chi connectivity index (χ1n) is 4.67. The van der Waals surface area contributed by atoms with Crippen molar-refractivity contribution in [2.24, 2.45) is 0 Å². The van der Waals surface area contributed by atoms with Crippen LogP contribution in [0.2, 0.25) is 0 Å². The molecule has 0 aliphatic carbocycles. The lowest BCUT2D eigenvalue weighted by molar-refractivity contribution is 0.208. The maximum absolute atomic E-state index is 12.9. The summed E-state index contributed by atoms with van der Waals surface area (Å²) in [6.07, 6.45) is 0. The Labute approximate surface area is 94.2 Å². The summed E-state index contributed by atoms with van der Waals surface area (Å²) in [4.78, 5) is -0.158. The molecule has 1 aromatic carbocycles. The summed E-state index contributed by atoms with van der Waals surface area (Å²) in [5, 5.41) is 8.96. The van der Waals surface area contributed by atoms with Gasteiger partial charge < -0.3 is 5.11 Å². The van der Waals surface area contributed by atoms with Gasteiger partial charge in [-0.25, -0.2) is 17.5 Å². The van der Waals surface area contributed by atoms with Crippen LogP contribution < -0.4 is 4.72 Å². The minimum atomic E-state index is -3.80. The van der Waals surface area contributed by atoms with E-state index in [4.69, 9.17) is 5.11 Å². The Morgan fingerprint density at radius 3 is 2.56 bits per heavy atom. The molecule has 0 fully saturated rings. The van der Waals surface area contributed by atoms with Gasteiger partial charge in [-0.05, 0) is 32.0 Å². The van der Waals surface area contributed by atoms with Crippen LogP contribution in [0.15, 0.2) is 29.2 Å². The molecule has 0 aromatic heterocycles. The second-order valence-corrected chi connectivity index (χ2v) is 5.79. The molecule has 1 rings (SSSR count). The maximum atomic E-state index is 12.9.